The van der Waals surface area contributed by atoms with Gasteiger partial charge in [0.05, 0.1) is 0 Å². The molecule has 5 rings (SSSR count). The third-order valence-corrected chi connectivity index (χ3v) is 12.5. The van der Waals surface area contributed by atoms with Gasteiger partial charge in [0.25, 0.3) is 0 Å². The lowest BCUT2D eigenvalue weighted by Crippen LogP contribution is -2.65. The van der Waals surface area contributed by atoms with Crippen LogP contribution in [0.15, 0.2) is 12.7 Å². The van der Waals surface area contributed by atoms with Crippen molar-refractivity contribution < 1.29 is 10.2 Å². The summed E-state index contributed by atoms with van der Waals surface area (Å²) in [5.41, 5.74) is 8.27. The Balaban J connectivity index is 0.00000117. The fourth-order valence-corrected chi connectivity index (χ4v) is 10.6. The minimum atomic E-state index is 0.278. The Hall–Kier alpha value is -0.380. The van der Waals surface area contributed by atoms with Crippen molar-refractivity contribution in [3.05, 3.63) is 12.7 Å². The molecule has 0 amide bonds. The van der Waals surface area contributed by atoms with Crippen molar-refractivity contribution >= 4 is 0 Å². The molecule has 5 aliphatic carbocycles. The van der Waals surface area contributed by atoms with Gasteiger partial charge in [-0.25, -0.2) is 0 Å². The van der Waals surface area contributed by atoms with Gasteiger partial charge in [-0.2, -0.15) is 0 Å². The Bertz CT molecular complexity index is 681. The van der Waals surface area contributed by atoms with Gasteiger partial charge in [-0.3, -0.25) is 0 Å². The smallest absolute Gasteiger partial charge is 0.0490 e. The molecule has 10 atom stereocenters. The zero-order chi connectivity index (χ0) is 30.7. The molecular formula is C36H73NO2. The van der Waals surface area contributed by atoms with E-state index < -0.39 is 0 Å². The lowest BCUT2D eigenvalue weighted by molar-refractivity contribution is -0.229. The standard InChI is InChI=1S/C26H45NO.C3H6.3C2H6.CH4O/c1-17-18-9-13-25(4)22(23(18,2)12-10-21(17)27)8-7-19-20-6-5-11-26(20,16-28)15-14-24(19,25)3;1-3-2;4*1-2/h17-22,28H,5-16,27H2,1-4H3;3H,1H2,2H3;3*1-2H3;2H,1H3/t17?,18?,19?,20?,21?,22?,23?,24-,25?,26?;;;;;/m1...../s1. The second-order valence-corrected chi connectivity index (χ2v) is 13.2. The summed E-state index contributed by atoms with van der Waals surface area (Å²) < 4.78 is 0. The summed E-state index contributed by atoms with van der Waals surface area (Å²) in [6.45, 7) is 28.2. The zero-order valence-electron chi connectivity index (χ0n) is 28.7. The maximum atomic E-state index is 10.4. The van der Waals surface area contributed by atoms with Crippen LogP contribution in [-0.4, -0.2) is 30.0 Å². The molecule has 0 bridgehead atoms. The number of hydrogen-bond acceptors (Lipinski definition) is 3. The summed E-state index contributed by atoms with van der Waals surface area (Å²) in [5, 5.41) is 17.4. The first-order chi connectivity index (χ1) is 18.6. The van der Waals surface area contributed by atoms with Crippen LogP contribution in [0.2, 0.25) is 0 Å². The van der Waals surface area contributed by atoms with E-state index in [2.05, 4.69) is 34.3 Å². The third kappa shape index (κ3) is 6.67. The van der Waals surface area contributed by atoms with Crippen molar-refractivity contribution in [3.63, 3.8) is 0 Å². The third-order valence-electron chi connectivity index (χ3n) is 12.5. The fraction of sp³-hybridized carbons (Fsp3) is 0.944. The molecule has 5 aliphatic rings. The largest absolute Gasteiger partial charge is 0.400 e. The molecule has 9 unspecified atom stereocenters. The van der Waals surface area contributed by atoms with Crippen molar-refractivity contribution in [1.82, 2.24) is 0 Å². The van der Waals surface area contributed by atoms with Gasteiger partial charge in [0, 0.05) is 19.8 Å². The van der Waals surface area contributed by atoms with Gasteiger partial charge in [-0.05, 0) is 122 Å². The summed E-state index contributed by atoms with van der Waals surface area (Å²) in [5.74, 6) is 4.04. The van der Waals surface area contributed by atoms with Crippen LogP contribution in [0.4, 0.5) is 0 Å². The summed E-state index contributed by atoms with van der Waals surface area (Å²) in [6.07, 6.45) is 16.7. The molecule has 3 heteroatoms. The molecule has 4 N–H and O–H groups in total. The maximum absolute atomic E-state index is 10.4. The van der Waals surface area contributed by atoms with Crippen LogP contribution in [0.3, 0.4) is 0 Å². The number of rotatable bonds is 1. The lowest BCUT2D eigenvalue weighted by Gasteiger charge is -2.71. The number of aliphatic hydroxyl groups excluding tert-OH is 2. The second-order valence-electron chi connectivity index (χ2n) is 13.2. The normalized spacial score (nSPS) is 44.8. The topological polar surface area (TPSA) is 66.5 Å². The molecule has 0 radical (unpaired) electrons. The van der Waals surface area contributed by atoms with E-state index in [1.54, 1.807) is 6.08 Å². The first-order valence-electron chi connectivity index (χ1n) is 17.0. The Kier molecular flexibility index (Phi) is 16.7. The first-order valence-corrected chi connectivity index (χ1v) is 17.0. The molecule has 0 aromatic heterocycles. The van der Waals surface area contributed by atoms with Gasteiger partial charge in [0.1, 0.15) is 0 Å². The molecular weight excluding hydrogens is 478 g/mol. The van der Waals surface area contributed by atoms with Crippen LogP contribution in [0.1, 0.15) is 147 Å². The summed E-state index contributed by atoms with van der Waals surface area (Å²) in [4.78, 5) is 0. The summed E-state index contributed by atoms with van der Waals surface area (Å²) >= 11 is 0. The van der Waals surface area contributed by atoms with Crippen molar-refractivity contribution in [2.24, 2.45) is 57.0 Å². The van der Waals surface area contributed by atoms with E-state index in [1.807, 2.05) is 48.5 Å². The van der Waals surface area contributed by atoms with E-state index >= 15 is 0 Å². The molecule has 0 aromatic rings. The van der Waals surface area contributed by atoms with E-state index in [0.717, 1.165) is 30.8 Å². The number of allylic oxidation sites excluding steroid dienone is 1. The molecule has 0 spiro atoms. The highest BCUT2D eigenvalue weighted by Gasteiger charge is 2.68. The van der Waals surface area contributed by atoms with Gasteiger partial charge in [-0.1, -0.05) is 81.7 Å². The maximum Gasteiger partial charge on any atom is 0.0490 e. The Morgan fingerprint density at radius 1 is 0.744 bits per heavy atom. The molecule has 39 heavy (non-hydrogen) atoms. The first kappa shape index (κ1) is 38.6. The van der Waals surface area contributed by atoms with Crippen molar-refractivity contribution in [3.8, 4) is 0 Å². The molecule has 0 heterocycles. The zero-order valence-corrected chi connectivity index (χ0v) is 28.7. The number of nitrogens with two attached hydrogens (primary N) is 1. The SMILES string of the molecule is C=CC.CC.CC.CC.CC1C(N)CCC2(C)C1CCC1(C)C2CCC2C3CCCC3(CO)CC[C@]21C.CO. The minimum absolute atomic E-state index is 0.278. The van der Waals surface area contributed by atoms with Gasteiger partial charge in [0.2, 0.25) is 0 Å². The van der Waals surface area contributed by atoms with E-state index in [0.29, 0.717) is 34.8 Å². The molecule has 3 nitrogen and oxygen atoms in total. The summed E-state index contributed by atoms with van der Waals surface area (Å²) in [6, 6.07) is 0.424. The predicted octanol–water partition coefficient (Wildman–Crippen LogP) is 9.65. The number of hydrogen-bond donors (Lipinski definition) is 3. The van der Waals surface area contributed by atoms with E-state index in [-0.39, 0.29) is 5.41 Å². The van der Waals surface area contributed by atoms with Gasteiger partial charge >= 0.3 is 0 Å². The average molecular weight is 552 g/mol. The van der Waals surface area contributed by atoms with Gasteiger partial charge < -0.3 is 15.9 Å². The van der Waals surface area contributed by atoms with E-state index in [4.69, 9.17) is 10.8 Å². The summed E-state index contributed by atoms with van der Waals surface area (Å²) in [7, 11) is 1.00. The van der Waals surface area contributed by atoms with E-state index in [9.17, 15) is 5.11 Å². The van der Waals surface area contributed by atoms with Crippen LogP contribution < -0.4 is 5.73 Å². The quantitative estimate of drug-likeness (QED) is 0.284. The van der Waals surface area contributed by atoms with Gasteiger partial charge in [-0.15, -0.1) is 6.58 Å². The highest BCUT2D eigenvalue weighted by atomic mass is 16.3. The van der Waals surface area contributed by atoms with E-state index in [1.165, 1.54) is 70.6 Å². The predicted molar refractivity (Wildman–Crippen MR) is 174 cm³/mol. The van der Waals surface area contributed by atoms with Crippen LogP contribution in [0, 0.1) is 51.2 Å². The van der Waals surface area contributed by atoms with Crippen molar-refractivity contribution in [1.29, 1.82) is 0 Å². The van der Waals surface area contributed by atoms with Gasteiger partial charge in [0.15, 0.2) is 0 Å². The van der Waals surface area contributed by atoms with Crippen LogP contribution >= 0.6 is 0 Å². The molecule has 5 saturated carbocycles. The molecule has 0 saturated heterocycles. The van der Waals surface area contributed by atoms with Crippen LogP contribution in [0.25, 0.3) is 0 Å². The minimum Gasteiger partial charge on any atom is -0.400 e. The number of fused-ring (bicyclic) bond motifs is 7. The number of aliphatic hydroxyl groups is 2. The Labute approximate surface area is 246 Å². The highest BCUT2D eigenvalue weighted by molar-refractivity contribution is 5.17. The monoisotopic (exact) mass is 552 g/mol. The molecule has 0 aliphatic heterocycles. The highest BCUT2D eigenvalue weighted by Crippen LogP contribution is 2.75. The Morgan fingerprint density at radius 2 is 1.31 bits per heavy atom. The Morgan fingerprint density at radius 3 is 1.85 bits per heavy atom. The van der Waals surface area contributed by atoms with Crippen LogP contribution in [0.5, 0.6) is 0 Å². The molecule has 234 valence electrons. The molecule has 0 aromatic carbocycles. The lowest BCUT2D eigenvalue weighted by atomic mass is 9.33. The second kappa shape index (κ2) is 16.9. The van der Waals surface area contributed by atoms with Crippen molar-refractivity contribution in [2.75, 3.05) is 13.7 Å². The molecule has 5 fully saturated rings. The average Bonchev–Trinajstić information content (AvgIpc) is 3.41. The fourth-order valence-electron chi connectivity index (χ4n) is 10.6. The van der Waals surface area contributed by atoms with Crippen molar-refractivity contribution in [2.45, 2.75) is 153 Å². The van der Waals surface area contributed by atoms with Crippen LogP contribution in [-0.2, 0) is 0 Å².